The van der Waals surface area contributed by atoms with Crippen LogP contribution in [0.4, 0.5) is 0 Å². The van der Waals surface area contributed by atoms with Crippen LogP contribution in [0.15, 0.2) is 18.2 Å². The fraction of sp³-hybridized carbons (Fsp3) is 0.571. The van der Waals surface area contributed by atoms with Crippen molar-refractivity contribution in [3.05, 3.63) is 29.3 Å². The maximum atomic E-state index is 5.72. The molecule has 0 aliphatic heterocycles. The molecule has 1 aromatic rings. The van der Waals surface area contributed by atoms with E-state index < -0.39 is 0 Å². The molecule has 1 N–H and O–H groups in total. The Morgan fingerprint density at radius 1 is 1.06 bits per heavy atom. The van der Waals surface area contributed by atoms with Crippen LogP contribution in [0.5, 0.6) is 5.75 Å². The van der Waals surface area contributed by atoms with Crippen molar-refractivity contribution in [1.29, 1.82) is 0 Å². The van der Waals surface area contributed by atoms with Crippen molar-refractivity contribution in [1.82, 2.24) is 5.32 Å². The van der Waals surface area contributed by atoms with E-state index in [2.05, 4.69) is 44.3 Å². The topological polar surface area (TPSA) is 21.3 Å². The predicted octanol–water partition coefficient (Wildman–Crippen LogP) is 3.07. The van der Waals surface area contributed by atoms with E-state index in [9.17, 15) is 0 Å². The van der Waals surface area contributed by atoms with Crippen molar-refractivity contribution in [3.8, 4) is 5.75 Å². The zero-order valence-corrected chi connectivity index (χ0v) is 10.7. The maximum absolute atomic E-state index is 5.72. The highest BCUT2D eigenvalue weighted by atomic mass is 16.5. The van der Waals surface area contributed by atoms with Crippen LogP contribution < -0.4 is 10.1 Å². The lowest BCUT2D eigenvalue weighted by Gasteiger charge is -2.08. The highest BCUT2D eigenvalue weighted by Gasteiger charge is 1.96. The molecule has 0 spiro atoms. The van der Waals surface area contributed by atoms with Crippen LogP contribution in [-0.2, 0) is 0 Å². The summed E-state index contributed by atoms with van der Waals surface area (Å²) in [7, 11) is 0. The van der Waals surface area contributed by atoms with Gasteiger partial charge in [-0.15, -0.1) is 0 Å². The summed E-state index contributed by atoms with van der Waals surface area (Å²) in [6, 6.07) is 6.35. The Morgan fingerprint density at radius 3 is 2.38 bits per heavy atom. The maximum Gasteiger partial charge on any atom is 0.119 e. The average molecular weight is 221 g/mol. The molecule has 0 amide bonds. The smallest absolute Gasteiger partial charge is 0.119 e. The Balaban J connectivity index is 2.21. The molecule has 0 fully saturated rings. The zero-order chi connectivity index (χ0) is 11.8. The molecular formula is C14H23NO. The second-order valence-corrected chi connectivity index (χ2v) is 4.23. The molecule has 2 heteroatoms. The SMILES string of the molecule is CCNCCCCOc1cc(C)cc(C)c1. The van der Waals surface area contributed by atoms with Gasteiger partial charge in [-0.3, -0.25) is 0 Å². The molecule has 90 valence electrons. The molecule has 0 saturated heterocycles. The van der Waals surface area contributed by atoms with Gasteiger partial charge in [0.05, 0.1) is 6.61 Å². The van der Waals surface area contributed by atoms with Gasteiger partial charge in [-0.1, -0.05) is 13.0 Å². The molecule has 16 heavy (non-hydrogen) atoms. The van der Waals surface area contributed by atoms with Gasteiger partial charge in [0.15, 0.2) is 0 Å². The van der Waals surface area contributed by atoms with E-state index in [0.29, 0.717) is 0 Å². The first kappa shape index (κ1) is 13.0. The standard InChI is InChI=1S/C14H23NO/c1-4-15-7-5-6-8-16-14-10-12(2)9-13(3)11-14/h9-11,15H,4-8H2,1-3H3. The van der Waals surface area contributed by atoms with Crippen LogP contribution in [-0.4, -0.2) is 19.7 Å². The van der Waals surface area contributed by atoms with E-state index in [1.165, 1.54) is 17.5 Å². The Hall–Kier alpha value is -1.02. The van der Waals surface area contributed by atoms with Crippen molar-refractivity contribution >= 4 is 0 Å². The van der Waals surface area contributed by atoms with E-state index in [-0.39, 0.29) is 0 Å². The minimum absolute atomic E-state index is 0.814. The van der Waals surface area contributed by atoms with Crippen molar-refractivity contribution in [2.24, 2.45) is 0 Å². The third kappa shape index (κ3) is 5.17. The molecule has 0 atom stereocenters. The van der Waals surface area contributed by atoms with Gasteiger partial charge in [0.25, 0.3) is 0 Å². The first-order chi connectivity index (χ1) is 7.72. The third-order valence-corrected chi connectivity index (χ3v) is 2.46. The van der Waals surface area contributed by atoms with E-state index in [1.54, 1.807) is 0 Å². The number of hydrogen-bond acceptors (Lipinski definition) is 2. The monoisotopic (exact) mass is 221 g/mol. The van der Waals surface area contributed by atoms with Crippen LogP contribution in [0.2, 0.25) is 0 Å². The first-order valence-corrected chi connectivity index (χ1v) is 6.14. The summed E-state index contributed by atoms with van der Waals surface area (Å²) in [5.41, 5.74) is 2.53. The average Bonchev–Trinajstić information content (AvgIpc) is 2.22. The predicted molar refractivity (Wildman–Crippen MR) is 69.2 cm³/mol. The van der Waals surface area contributed by atoms with Crippen molar-refractivity contribution in [3.63, 3.8) is 0 Å². The normalized spacial score (nSPS) is 10.4. The minimum Gasteiger partial charge on any atom is -0.494 e. The third-order valence-electron chi connectivity index (χ3n) is 2.46. The first-order valence-electron chi connectivity index (χ1n) is 6.14. The van der Waals surface area contributed by atoms with Gasteiger partial charge < -0.3 is 10.1 Å². The molecule has 1 rings (SSSR count). The summed E-state index contributed by atoms with van der Waals surface area (Å²) in [4.78, 5) is 0. The molecular weight excluding hydrogens is 198 g/mol. The second-order valence-electron chi connectivity index (χ2n) is 4.23. The van der Waals surface area contributed by atoms with Crippen LogP contribution in [0.3, 0.4) is 0 Å². The van der Waals surface area contributed by atoms with Crippen LogP contribution in [0.25, 0.3) is 0 Å². The number of hydrogen-bond donors (Lipinski definition) is 1. The largest absolute Gasteiger partial charge is 0.494 e. The molecule has 0 aliphatic carbocycles. The van der Waals surface area contributed by atoms with Crippen molar-refractivity contribution in [2.75, 3.05) is 19.7 Å². The van der Waals surface area contributed by atoms with E-state index in [1.807, 2.05) is 0 Å². The molecule has 0 heterocycles. The number of aryl methyl sites for hydroxylation is 2. The summed E-state index contributed by atoms with van der Waals surface area (Å²) in [5, 5.41) is 3.31. The molecule has 0 unspecified atom stereocenters. The number of unbranched alkanes of at least 4 members (excludes halogenated alkanes) is 1. The van der Waals surface area contributed by atoms with Crippen LogP contribution in [0.1, 0.15) is 30.9 Å². The quantitative estimate of drug-likeness (QED) is 0.714. The van der Waals surface area contributed by atoms with Gasteiger partial charge in [0.2, 0.25) is 0 Å². The van der Waals surface area contributed by atoms with Gasteiger partial charge in [-0.25, -0.2) is 0 Å². The summed E-state index contributed by atoms with van der Waals surface area (Å²) in [6.45, 7) is 9.29. The van der Waals surface area contributed by atoms with Crippen LogP contribution >= 0.6 is 0 Å². The summed E-state index contributed by atoms with van der Waals surface area (Å²) in [5.74, 6) is 1.00. The van der Waals surface area contributed by atoms with Gasteiger partial charge >= 0.3 is 0 Å². The Labute approximate surface area is 99.0 Å². The van der Waals surface area contributed by atoms with Crippen molar-refractivity contribution < 1.29 is 4.74 Å². The molecule has 2 nitrogen and oxygen atoms in total. The van der Waals surface area contributed by atoms with Gasteiger partial charge in [0, 0.05) is 0 Å². The fourth-order valence-electron chi connectivity index (χ4n) is 1.74. The Morgan fingerprint density at radius 2 is 1.75 bits per heavy atom. The van der Waals surface area contributed by atoms with Gasteiger partial charge in [-0.2, -0.15) is 0 Å². The van der Waals surface area contributed by atoms with E-state index in [0.717, 1.165) is 31.9 Å². The highest BCUT2D eigenvalue weighted by Crippen LogP contribution is 2.16. The fourth-order valence-corrected chi connectivity index (χ4v) is 1.74. The zero-order valence-electron chi connectivity index (χ0n) is 10.7. The summed E-state index contributed by atoms with van der Waals surface area (Å²) >= 11 is 0. The molecule has 0 aliphatic rings. The van der Waals surface area contributed by atoms with E-state index in [4.69, 9.17) is 4.74 Å². The molecule has 0 radical (unpaired) electrons. The number of rotatable bonds is 7. The number of nitrogens with one attached hydrogen (secondary N) is 1. The Kier molecular flexibility index (Phi) is 5.94. The molecule has 1 aromatic carbocycles. The summed E-state index contributed by atoms with van der Waals surface area (Å²) < 4.78 is 5.72. The molecule has 0 saturated carbocycles. The lowest BCUT2D eigenvalue weighted by molar-refractivity contribution is 0.305. The highest BCUT2D eigenvalue weighted by molar-refractivity contribution is 5.32. The molecule has 0 aromatic heterocycles. The van der Waals surface area contributed by atoms with Crippen LogP contribution in [0, 0.1) is 13.8 Å². The number of benzene rings is 1. The number of ether oxygens (including phenoxy) is 1. The second kappa shape index (κ2) is 7.29. The minimum atomic E-state index is 0.814. The van der Waals surface area contributed by atoms with Gasteiger partial charge in [-0.05, 0) is 63.0 Å². The van der Waals surface area contributed by atoms with Gasteiger partial charge in [0.1, 0.15) is 5.75 Å². The van der Waals surface area contributed by atoms with Crippen molar-refractivity contribution in [2.45, 2.75) is 33.6 Å². The Bertz CT molecular complexity index is 289. The lowest BCUT2D eigenvalue weighted by Crippen LogP contribution is -2.14. The van der Waals surface area contributed by atoms with E-state index >= 15 is 0 Å². The molecule has 0 bridgehead atoms. The summed E-state index contributed by atoms with van der Waals surface area (Å²) in [6.07, 6.45) is 2.29. The lowest BCUT2D eigenvalue weighted by atomic mass is 10.1.